The van der Waals surface area contributed by atoms with Gasteiger partial charge in [0, 0.05) is 18.2 Å². The maximum atomic E-state index is 13.0. The summed E-state index contributed by atoms with van der Waals surface area (Å²) in [5.74, 6) is 0.423. The number of amides is 1. The maximum Gasteiger partial charge on any atom is 0.307 e. The van der Waals surface area contributed by atoms with E-state index in [0.29, 0.717) is 12.1 Å². The van der Waals surface area contributed by atoms with Crippen LogP contribution in [0.2, 0.25) is 0 Å². The average molecular weight is 333 g/mol. The number of hydrogen-bond acceptors (Lipinski definition) is 4. The quantitative estimate of drug-likeness (QED) is 0.591. The van der Waals surface area contributed by atoms with Gasteiger partial charge in [0.1, 0.15) is 5.75 Å². The molecule has 1 aliphatic rings. The zero-order valence-corrected chi connectivity index (χ0v) is 14.6. The fourth-order valence-corrected chi connectivity index (χ4v) is 3.23. The fourth-order valence-electron chi connectivity index (χ4n) is 3.23. The molecule has 0 aliphatic heterocycles. The molecule has 0 spiro atoms. The molecule has 24 heavy (non-hydrogen) atoms. The van der Waals surface area contributed by atoms with Gasteiger partial charge in [0.25, 0.3) is 5.91 Å². The number of rotatable bonds is 6. The molecule has 1 aromatic rings. The molecule has 5 heteroatoms. The zero-order chi connectivity index (χ0) is 17.4. The van der Waals surface area contributed by atoms with E-state index in [1.165, 1.54) is 20.0 Å². The molecule has 0 atom stereocenters. The van der Waals surface area contributed by atoms with Crippen molar-refractivity contribution in [3.8, 4) is 5.75 Å². The van der Waals surface area contributed by atoms with Crippen molar-refractivity contribution in [2.24, 2.45) is 0 Å². The highest BCUT2D eigenvalue weighted by atomic mass is 16.5. The van der Waals surface area contributed by atoms with Gasteiger partial charge in [-0.05, 0) is 37.1 Å². The number of esters is 1. The number of methoxy groups -OCH3 is 2. The van der Waals surface area contributed by atoms with Crippen LogP contribution in [0.3, 0.4) is 0 Å². The van der Waals surface area contributed by atoms with E-state index in [9.17, 15) is 9.59 Å². The van der Waals surface area contributed by atoms with E-state index in [1.807, 2.05) is 4.90 Å². The number of hydrogen-bond donors (Lipinski definition) is 0. The Morgan fingerprint density at radius 3 is 2.21 bits per heavy atom. The molecule has 0 heterocycles. The molecule has 0 aromatic heterocycles. The van der Waals surface area contributed by atoms with Crippen LogP contribution >= 0.6 is 0 Å². The molecule has 5 nitrogen and oxygen atoms in total. The molecule has 0 N–H and O–H groups in total. The predicted octanol–water partition coefficient (Wildman–Crippen LogP) is 3.42. The highest BCUT2D eigenvalue weighted by Gasteiger charge is 2.26. The van der Waals surface area contributed by atoms with Crippen LogP contribution in [0.1, 0.15) is 55.3 Å². The summed E-state index contributed by atoms with van der Waals surface area (Å²) in [6.45, 7) is 0.405. The van der Waals surface area contributed by atoms with Gasteiger partial charge in [-0.1, -0.05) is 25.7 Å². The third kappa shape index (κ3) is 4.98. The second-order valence-corrected chi connectivity index (χ2v) is 6.20. The first kappa shape index (κ1) is 18.3. The highest BCUT2D eigenvalue weighted by molar-refractivity contribution is 5.94. The molecule has 132 valence electrons. The number of carbonyl (C=O) groups excluding carboxylic acids is 2. The molecule has 1 aromatic carbocycles. The minimum absolute atomic E-state index is 0.0199. The largest absolute Gasteiger partial charge is 0.497 e. The summed E-state index contributed by atoms with van der Waals surface area (Å²) in [7, 11) is 2.98. The van der Waals surface area contributed by atoms with Crippen molar-refractivity contribution in [1.82, 2.24) is 4.90 Å². The van der Waals surface area contributed by atoms with E-state index < -0.39 is 0 Å². The van der Waals surface area contributed by atoms with Gasteiger partial charge in [-0.2, -0.15) is 0 Å². The molecule has 2 rings (SSSR count). The van der Waals surface area contributed by atoms with Crippen LogP contribution in [-0.4, -0.2) is 43.6 Å². The molecule has 0 unspecified atom stereocenters. The second-order valence-electron chi connectivity index (χ2n) is 6.20. The van der Waals surface area contributed by atoms with E-state index in [4.69, 9.17) is 9.47 Å². The molecule has 1 fully saturated rings. The summed E-state index contributed by atoms with van der Waals surface area (Å²) in [6, 6.07) is 7.34. The monoisotopic (exact) mass is 333 g/mol. The smallest absolute Gasteiger partial charge is 0.307 e. The topological polar surface area (TPSA) is 55.8 Å². The summed E-state index contributed by atoms with van der Waals surface area (Å²) in [5, 5.41) is 0. The Kier molecular flexibility index (Phi) is 7.09. The van der Waals surface area contributed by atoms with Crippen molar-refractivity contribution < 1.29 is 19.1 Å². The number of benzene rings is 1. The highest BCUT2D eigenvalue weighted by Crippen LogP contribution is 2.24. The molecule has 0 saturated heterocycles. The Balaban J connectivity index is 2.15. The van der Waals surface area contributed by atoms with Gasteiger partial charge in [-0.3, -0.25) is 9.59 Å². The van der Waals surface area contributed by atoms with Gasteiger partial charge in [0.05, 0.1) is 20.6 Å². The lowest BCUT2D eigenvalue weighted by atomic mass is 10.0. The number of ether oxygens (including phenoxy) is 2. The fraction of sp³-hybridized carbons (Fsp3) is 0.579. The Labute approximate surface area is 143 Å². The maximum absolute atomic E-state index is 13.0. The summed E-state index contributed by atoms with van der Waals surface area (Å²) in [4.78, 5) is 26.4. The van der Waals surface area contributed by atoms with Crippen molar-refractivity contribution in [2.45, 2.75) is 51.0 Å². The van der Waals surface area contributed by atoms with Crippen molar-refractivity contribution in [1.29, 1.82) is 0 Å². The normalized spacial score (nSPS) is 15.4. The van der Waals surface area contributed by atoms with E-state index in [-0.39, 0.29) is 24.3 Å². The van der Waals surface area contributed by atoms with E-state index in [0.717, 1.165) is 31.4 Å². The van der Waals surface area contributed by atoms with Crippen LogP contribution < -0.4 is 4.74 Å². The lowest BCUT2D eigenvalue weighted by Gasteiger charge is -2.31. The van der Waals surface area contributed by atoms with Crippen LogP contribution in [0.15, 0.2) is 24.3 Å². The Hall–Kier alpha value is -2.04. The van der Waals surface area contributed by atoms with Crippen LogP contribution in [0.25, 0.3) is 0 Å². The van der Waals surface area contributed by atoms with Gasteiger partial charge in [0.15, 0.2) is 0 Å². The third-order valence-corrected chi connectivity index (χ3v) is 4.65. The van der Waals surface area contributed by atoms with Gasteiger partial charge in [-0.25, -0.2) is 0 Å². The first-order chi connectivity index (χ1) is 11.7. The summed E-state index contributed by atoms with van der Waals surface area (Å²) in [6.07, 6.45) is 6.95. The van der Waals surface area contributed by atoms with Gasteiger partial charge < -0.3 is 14.4 Å². The van der Waals surface area contributed by atoms with Gasteiger partial charge in [0.2, 0.25) is 0 Å². The van der Waals surface area contributed by atoms with E-state index in [2.05, 4.69) is 0 Å². The molecular formula is C19H27NO4. The van der Waals surface area contributed by atoms with Crippen LogP contribution in [0.4, 0.5) is 0 Å². The summed E-state index contributed by atoms with van der Waals surface area (Å²) >= 11 is 0. The molecule has 1 amide bonds. The van der Waals surface area contributed by atoms with E-state index >= 15 is 0 Å². The zero-order valence-electron chi connectivity index (χ0n) is 14.6. The first-order valence-corrected chi connectivity index (χ1v) is 8.67. The standard InChI is InChI=1S/C19H27NO4/c1-23-17-11-9-15(10-12-17)19(22)20(14-13-18(21)24-2)16-7-5-3-4-6-8-16/h9-12,16H,3-8,13-14H2,1-2H3. The van der Waals surface area contributed by atoms with Crippen molar-refractivity contribution in [3.63, 3.8) is 0 Å². The molecule has 0 bridgehead atoms. The molecular weight excluding hydrogens is 306 g/mol. The molecule has 0 radical (unpaired) electrons. The lowest BCUT2D eigenvalue weighted by molar-refractivity contribution is -0.140. The number of nitrogens with zero attached hydrogens (tertiary/aromatic N) is 1. The Morgan fingerprint density at radius 2 is 1.67 bits per heavy atom. The minimum Gasteiger partial charge on any atom is -0.497 e. The first-order valence-electron chi connectivity index (χ1n) is 8.67. The van der Waals surface area contributed by atoms with E-state index in [1.54, 1.807) is 31.4 Å². The van der Waals surface area contributed by atoms with Crippen molar-refractivity contribution in [3.05, 3.63) is 29.8 Å². The molecule has 1 saturated carbocycles. The lowest BCUT2D eigenvalue weighted by Crippen LogP contribution is -2.41. The average Bonchev–Trinajstić information content (AvgIpc) is 2.91. The predicted molar refractivity (Wildman–Crippen MR) is 92.2 cm³/mol. The van der Waals surface area contributed by atoms with Crippen LogP contribution in [-0.2, 0) is 9.53 Å². The van der Waals surface area contributed by atoms with Crippen molar-refractivity contribution >= 4 is 11.9 Å². The number of carbonyl (C=O) groups is 2. The Bertz CT molecular complexity index is 533. The SMILES string of the molecule is COC(=O)CCN(C(=O)c1ccc(OC)cc1)C1CCCCCC1. The molecule has 1 aliphatic carbocycles. The van der Waals surface area contributed by atoms with Gasteiger partial charge in [-0.15, -0.1) is 0 Å². The minimum atomic E-state index is -0.281. The summed E-state index contributed by atoms with van der Waals surface area (Å²) < 4.78 is 9.88. The Morgan fingerprint density at radius 1 is 1.04 bits per heavy atom. The summed E-state index contributed by atoms with van der Waals surface area (Å²) in [5.41, 5.74) is 0.630. The van der Waals surface area contributed by atoms with Crippen LogP contribution in [0, 0.1) is 0 Å². The third-order valence-electron chi connectivity index (χ3n) is 4.65. The van der Waals surface area contributed by atoms with Gasteiger partial charge >= 0.3 is 5.97 Å². The second kappa shape index (κ2) is 9.30. The van der Waals surface area contributed by atoms with Crippen molar-refractivity contribution in [2.75, 3.05) is 20.8 Å². The van der Waals surface area contributed by atoms with Crippen LogP contribution in [0.5, 0.6) is 5.75 Å².